The highest BCUT2D eigenvalue weighted by molar-refractivity contribution is 5.91. The Bertz CT molecular complexity index is 1550. The first kappa shape index (κ1) is 22.9. The molecule has 4 aromatic rings. The Hall–Kier alpha value is -4.56. The molecule has 4 aromatic carbocycles. The molecule has 0 saturated heterocycles. The third-order valence-electron chi connectivity index (χ3n) is 7.37. The largest absolute Gasteiger partial charge is 0.457 e. The molecule has 0 saturated carbocycles. The summed E-state index contributed by atoms with van der Waals surface area (Å²) in [4.78, 5) is 2.38. The van der Waals surface area contributed by atoms with E-state index in [2.05, 4.69) is 123 Å². The highest BCUT2D eigenvalue weighted by Crippen LogP contribution is 2.61. The van der Waals surface area contributed by atoms with Gasteiger partial charge in [0.15, 0.2) is 0 Å². The van der Waals surface area contributed by atoms with Gasteiger partial charge in [-0.15, -0.1) is 0 Å². The summed E-state index contributed by atoms with van der Waals surface area (Å²) < 4.78 is 6.48. The fourth-order valence-electron chi connectivity index (χ4n) is 5.89. The lowest BCUT2D eigenvalue weighted by Crippen LogP contribution is -2.41. The van der Waals surface area contributed by atoms with Crippen LogP contribution in [-0.4, -0.2) is 0 Å². The van der Waals surface area contributed by atoms with Gasteiger partial charge < -0.3 is 9.64 Å². The molecule has 0 radical (unpaired) electrons. The van der Waals surface area contributed by atoms with E-state index in [9.17, 15) is 0 Å². The average Bonchev–Trinajstić information content (AvgIpc) is 2.93. The van der Waals surface area contributed by atoms with Crippen molar-refractivity contribution in [2.24, 2.45) is 0 Å². The molecule has 0 aliphatic carbocycles. The fourth-order valence-corrected chi connectivity index (χ4v) is 5.89. The molecular weight excluding hydrogens is 450 g/mol. The molecule has 37 heavy (non-hydrogen) atoms. The van der Waals surface area contributed by atoms with Gasteiger partial charge in [-0.3, -0.25) is 0 Å². The molecule has 0 N–H and O–H groups in total. The number of hydrogen-bond acceptors (Lipinski definition) is 2. The van der Waals surface area contributed by atoms with Crippen LogP contribution < -0.4 is 9.64 Å². The van der Waals surface area contributed by atoms with Crippen LogP contribution in [0, 0.1) is 13.8 Å². The van der Waals surface area contributed by atoms with E-state index in [1.54, 1.807) is 0 Å². The van der Waals surface area contributed by atoms with Crippen molar-refractivity contribution in [3.63, 3.8) is 0 Å². The molecule has 0 unspecified atom stereocenters. The summed E-state index contributed by atoms with van der Waals surface area (Å²) in [6.07, 6.45) is 7.77. The van der Waals surface area contributed by atoms with Gasteiger partial charge in [0.1, 0.15) is 11.5 Å². The third-order valence-corrected chi connectivity index (χ3v) is 7.37. The highest BCUT2D eigenvalue weighted by Gasteiger charge is 2.51. The topological polar surface area (TPSA) is 12.5 Å². The average molecular weight is 480 g/mol. The Morgan fingerprint density at radius 1 is 0.730 bits per heavy atom. The third kappa shape index (κ3) is 3.33. The summed E-state index contributed by atoms with van der Waals surface area (Å²) in [6.45, 7) is 12.4. The van der Waals surface area contributed by atoms with Gasteiger partial charge in [-0.1, -0.05) is 103 Å². The lowest BCUT2D eigenvalue weighted by Gasteiger charge is -2.49. The van der Waals surface area contributed by atoms with Crippen LogP contribution in [0.25, 0.3) is 0 Å². The van der Waals surface area contributed by atoms with Crippen molar-refractivity contribution in [1.82, 2.24) is 0 Å². The predicted octanol–water partition coefficient (Wildman–Crippen LogP) is 9.00. The van der Waals surface area contributed by atoms with Gasteiger partial charge in [-0.05, 0) is 61.4 Å². The van der Waals surface area contributed by atoms with Gasteiger partial charge >= 0.3 is 0 Å². The van der Waals surface area contributed by atoms with E-state index in [-0.39, 0.29) is 0 Å². The van der Waals surface area contributed by atoms with Crippen LogP contribution in [0.15, 0.2) is 140 Å². The SMILES string of the molecule is C=C/C=C\C1=C(C=C)Oc2ccccc2C12c1cc(C)ccc1N(c1ccccc1)c1ccc(C)cc12. The first-order valence-electron chi connectivity index (χ1n) is 12.6. The summed E-state index contributed by atoms with van der Waals surface area (Å²) in [5.41, 5.74) is 9.84. The second-order valence-corrected chi connectivity index (χ2v) is 9.64. The van der Waals surface area contributed by atoms with E-state index in [4.69, 9.17) is 4.74 Å². The van der Waals surface area contributed by atoms with E-state index >= 15 is 0 Å². The fraction of sp³-hybridized carbons (Fsp3) is 0.0857. The zero-order chi connectivity index (χ0) is 25.6. The minimum atomic E-state index is -0.605. The van der Waals surface area contributed by atoms with E-state index in [1.807, 2.05) is 24.3 Å². The van der Waals surface area contributed by atoms with Crippen LogP contribution in [0.4, 0.5) is 17.1 Å². The van der Waals surface area contributed by atoms with Crippen molar-refractivity contribution >= 4 is 17.1 Å². The lowest BCUT2D eigenvalue weighted by atomic mass is 9.60. The molecule has 1 spiro atoms. The summed E-state index contributed by atoms with van der Waals surface area (Å²) >= 11 is 0. The number of benzene rings is 4. The molecule has 2 aliphatic heterocycles. The van der Waals surface area contributed by atoms with Gasteiger partial charge in [-0.25, -0.2) is 0 Å². The number of rotatable bonds is 4. The molecule has 0 fully saturated rings. The summed E-state index contributed by atoms with van der Waals surface area (Å²) in [5.74, 6) is 1.60. The zero-order valence-corrected chi connectivity index (χ0v) is 21.2. The first-order chi connectivity index (χ1) is 18.1. The van der Waals surface area contributed by atoms with Gasteiger partial charge in [-0.2, -0.15) is 0 Å². The smallest absolute Gasteiger partial charge is 0.132 e. The van der Waals surface area contributed by atoms with Crippen molar-refractivity contribution in [2.45, 2.75) is 19.3 Å². The number of fused-ring (bicyclic) bond motifs is 6. The van der Waals surface area contributed by atoms with Gasteiger partial charge in [0, 0.05) is 16.8 Å². The Labute approximate surface area is 219 Å². The van der Waals surface area contributed by atoms with E-state index in [1.165, 1.54) is 22.3 Å². The van der Waals surface area contributed by atoms with E-state index < -0.39 is 5.41 Å². The van der Waals surface area contributed by atoms with Crippen molar-refractivity contribution in [3.05, 3.63) is 168 Å². The molecule has 0 amide bonds. The molecule has 2 nitrogen and oxygen atoms in total. The zero-order valence-electron chi connectivity index (χ0n) is 21.2. The molecule has 2 aliphatic rings. The minimum absolute atomic E-state index is 0.605. The highest BCUT2D eigenvalue weighted by atomic mass is 16.5. The number of hydrogen-bond donors (Lipinski definition) is 0. The molecule has 2 heteroatoms. The minimum Gasteiger partial charge on any atom is -0.457 e. The maximum absolute atomic E-state index is 6.48. The van der Waals surface area contributed by atoms with Crippen LogP contribution in [0.2, 0.25) is 0 Å². The van der Waals surface area contributed by atoms with Crippen molar-refractivity contribution in [2.75, 3.05) is 4.90 Å². The molecule has 180 valence electrons. The number of para-hydroxylation sites is 2. The Morgan fingerprint density at radius 3 is 1.97 bits per heavy atom. The normalized spacial score (nSPS) is 15.1. The first-order valence-corrected chi connectivity index (χ1v) is 12.6. The van der Waals surface area contributed by atoms with Gasteiger partial charge in [0.2, 0.25) is 0 Å². The van der Waals surface area contributed by atoms with Crippen LogP contribution in [-0.2, 0) is 5.41 Å². The molecule has 0 aromatic heterocycles. The second kappa shape index (κ2) is 8.83. The maximum Gasteiger partial charge on any atom is 0.132 e. The maximum atomic E-state index is 6.48. The standard InChI is InChI=1S/C35H29NO/c1-5-7-15-27-33(6-2)37-34-17-12-11-16-28(34)35(27)29-22-24(3)18-20-31(29)36(26-13-9-8-10-14-26)32-21-19-25(4)23-30(32)35/h5-23H,1-2H2,3-4H3/b15-7-. The van der Waals surface area contributed by atoms with Crippen molar-refractivity contribution in [1.29, 1.82) is 0 Å². The monoisotopic (exact) mass is 479 g/mol. The van der Waals surface area contributed by atoms with Crippen LogP contribution in [0.3, 0.4) is 0 Å². The van der Waals surface area contributed by atoms with Crippen molar-refractivity contribution in [3.8, 4) is 5.75 Å². The molecule has 6 rings (SSSR count). The Morgan fingerprint density at radius 2 is 1.35 bits per heavy atom. The predicted molar refractivity (Wildman–Crippen MR) is 154 cm³/mol. The Balaban J connectivity index is 1.85. The van der Waals surface area contributed by atoms with Crippen LogP contribution >= 0.6 is 0 Å². The summed E-state index contributed by atoms with van der Waals surface area (Å²) in [5, 5.41) is 0. The van der Waals surface area contributed by atoms with E-state index in [0.717, 1.165) is 39.7 Å². The van der Waals surface area contributed by atoms with Gasteiger partial charge in [0.05, 0.1) is 16.8 Å². The van der Waals surface area contributed by atoms with Crippen LogP contribution in [0.5, 0.6) is 5.75 Å². The number of anilines is 3. The van der Waals surface area contributed by atoms with Gasteiger partial charge in [0.25, 0.3) is 0 Å². The molecule has 0 bridgehead atoms. The Kier molecular flexibility index (Phi) is 5.46. The molecule has 0 atom stereocenters. The number of aryl methyl sites for hydroxylation is 2. The summed E-state index contributed by atoms with van der Waals surface area (Å²) in [7, 11) is 0. The number of ether oxygens (including phenoxy) is 1. The lowest BCUT2D eigenvalue weighted by molar-refractivity contribution is 0.401. The quantitative estimate of drug-likeness (QED) is 0.271. The number of nitrogens with zero attached hydrogens (tertiary/aromatic N) is 1. The van der Waals surface area contributed by atoms with Crippen LogP contribution in [0.1, 0.15) is 27.8 Å². The van der Waals surface area contributed by atoms with E-state index in [0.29, 0.717) is 0 Å². The van der Waals surface area contributed by atoms with Crippen molar-refractivity contribution < 1.29 is 4.74 Å². The summed E-state index contributed by atoms with van der Waals surface area (Å²) in [6, 6.07) is 32.6. The second-order valence-electron chi connectivity index (χ2n) is 9.64. The number of allylic oxidation sites excluding steroid dienone is 5. The molecular formula is C35H29NO. The molecule has 2 heterocycles.